The van der Waals surface area contributed by atoms with Gasteiger partial charge >= 0.3 is 6.18 Å². The Morgan fingerprint density at radius 3 is 2.63 bits per heavy atom. The molecule has 1 fully saturated rings. The molecule has 1 aliphatic heterocycles. The van der Waals surface area contributed by atoms with Gasteiger partial charge in [-0.25, -0.2) is 4.39 Å². The third kappa shape index (κ3) is 3.32. The van der Waals surface area contributed by atoms with E-state index in [9.17, 15) is 22.4 Å². The Kier molecular flexibility index (Phi) is 3.89. The number of hydrogen-bond acceptors (Lipinski definition) is 2. The molecular formula is C13H13F4NO. The number of carbonyl (C=O) groups excluding carboxylic acids is 1. The average Bonchev–Trinajstić information content (AvgIpc) is 2.79. The summed E-state index contributed by atoms with van der Waals surface area (Å²) in [6.45, 7) is 0.833. The molecule has 104 valence electrons. The maximum Gasteiger partial charge on any atom is 0.419 e. The van der Waals surface area contributed by atoms with Crippen LogP contribution in [0, 0.1) is 5.82 Å². The lowest BCUT2D eigenvalue weighted by Gasteiger charge is -2.11. The second kappa shape index (κ2) is 5.28. The summed E-state index contributed by atoms with van der Waals surface area (Å²) in [7, 11) is 0. The zero-order chi connectivity index (χ0) is 14.0. The summed E-state index contributed by atoms with van der Waals surface area (Å²) in [4.78, 5) is 11.8. The molecule has 0 spiro atoms. The van der Waals surface area contributed by atoms with Crippen molar-refractivity contribution in [3.63, 3.8) is 0 Å². The standard InChI is InChI=1S/C13H13F4NO/c14-11-6-8(3-4-10(11)13(15,16)17)12(19)7-9-2-1-5-18-9/h3-4,6,9,18H,1-2,5,7H2. The van der Waals surface area contributed by atoms with Crippen LogP contribution >= 0.6 is 0 Å². The number of alkyl halides is 3. The molecule has 19 heavy (non-hydrogen) atoms. The van der Waals surface area contributed by atoms with Crippen molar-refractivity contribution in [3.8, 4) is 0 Å². The highest BCUT2D eigenvalue weighted by molar-refractivity contribution is 5.96. The van der Waals surface area contributed by atoms with Gasteiger partial charge in [0.2, 0.25) is 0 Å². The van der Waals surface area contributed by atoms with Crippen molar-refractivity contribution in [1.29, 1.82) is 0 Å². The van der Waals surface area contributed by atoms with E-state index in [1.165, 1.54) is 0 Å². The van der Waals surface area contributed by atoms with Crippen LogP contribution in [0.2, 0.25) is 0 Å². The quantitative estimate of drug-likeness (QED) is 0.678. The third-order valence-corrected chi connectivity index (χ3v) is 3.19. The van der Waals surface area contributed by atoms with Crippen molar-refractivity contribution in [2.75, 3.05) is 6.54 Å². The van der Waals surface area contributed by atoms with Gasteiger partial charge < -0.3 is 5.32 Å². The summed E-state index contributed by atoms with van der Waals surface area (Å²) in [6.07, 6.45) is -2.72. The highest BCUT2D eigenvalue weighted by atomic mass is 19.4. The predicted molar refractivity (Wildman–Crippen MR) is 61.4 cm³/mol. The van der Waals surface area contributed by atoms with Gasteiger partial charge in [-0.1, -0.05) is 6.07 Å². The maximum atomic E-state index is 13.3. The fraction of sp³-hybridized carbons (Fsp3) is 0.462. The van der Waals surface area contributed by atoms with E-state index < -0.39 is 17.6 Å². The smallest absolute Gasteiger partial charge is 0.314 e. The molecule has 1 saturated heterocycles. The third-order valence-electron chi connectivity index (χ3n) is 3.19. The van der Waals surface area contributed by atoms with Crippen molar-refractivity contribution in [1.82, 2.24) is 5.32 Å². The van der Waals surface area contributed by atoms with E-state index in [4.69, 9.17) is 0 Å². The lowest BCUT2D eigenvalue weighted by molar-refractivity contribution is -0.140. The van der Waals surface area contributed by atoms with Crippen molar-refractivity contribution in [2.45, 2.75) is 31.5 Å². The van der Waals surface area contributed by atoms with Gasteiger partial charge in [-0.3, -0.25) is 4.79 Å². The fourth-order valence-electron chi connectivity index (χ4n) is 2.19. The SMILES string of the molecule is O=C(CC1CCCN1)c1ccc(C(F)(F)F)c(F)c1. The summed E-state index contributed by atoms with van der Waals surface area (Å²) >= 11 is 0. The molecule has 2 rings (SSSR count). The van der Waals surface area contributed by atoms with Gasteiger partial charge in [0, 0.05) is 18.0 Å². The van der Waals surface area contributed by atoms with Crippen LogP contribution in [0.3, 0.4) is 0 Å². The number of hydrogen-bond donors (Lipinski definition) is 1. The van der Waals surface area contributed by atoms with E-state index in [0.717, 1.165) is 25.5 Å². The van der Waals surface area contributed by atoms with Gasteiger partial charge in [0.15, 0.2) is 5.78 Å². The summed E-state index contributed by atoms with van der Waals surface area (Å²) in [5.41, 5.74) is -1.36. The topological polar surface area (TPSA) is 29.1 Å². The van der Waals surface area contributed by atoms with Crippen LogP contribution in [0.25, 0.3) is 0 Å². The number of halogens is 4. The lowest BCUT2D eigenvalue weighted by atomic mass is 10.0. The first-order valence-electron chi connectivity index (χ1n) is 6.01. The Morgan fingerprint density at radius 2 is 2.11 bits per heavy atom. The Labute approximate surface area is 107 Å². The molecular weight excluding hydrogens is 262 g/mol. The minimum Gasteiger partial charge on any atom is -0.314 e. The first kappa shape index (κ1) is 14.0. The van der Waals surface area contributed by atoms with E-state index in [2.05, 4.69) is 5.32 Å². The number of nitrogens with one attached hydrogen (secondary N) is 1. The number of rotatable bonds is 3. The van der Waals surface area contributed by atoms with E-state index in [0.29, 0.717) is 12.1 Å². The zero-order valence-electron chi connectivity index (χ0n) is 10.1. The first-order valence-corrected chi connectivity index (χ1v) is 6.01. The lowest BCUT2D eigenvalue weighted by Crippen LogP contribution is -2.24. The Balaban J connectivity index is 2.12. The Bertz CT molecular complexity index is 478. The van der Waals surface area contributed by atoms with Gasteiger partial charge in [0.1, 0.15) is 5.82 Å². The Morgan fingerprint density at radius 1 is 1.37 bits per heavy atom. The molecule has 1 aliphatic rings. The average molecular weight is 275 g/mol. The van der Waals surface area contributed by atoms with Gasteiger partial charge in [0.25, 0.3) is 0 Å². The van der Waals surface area contributed by atoms with Crippen molar-refractivity contribution >= 4 is 5.78 Å². The van der Waals surface area contributed by atoms with Gasteiger partial charge in [-0.15, -0.1) is 0 Å². The minimum absolute atomic E-state index is 0.0146. The van der Waals surface area contributed by atoms with Crippen molar-refractivity contribution in [3.05, 3.63) is 35.1 Å². The summed E-state index contributed by atoms with van der Waals surface area (Å²) < 4.78 is 50.5. The van der Waals surface area contributed by atoms with E-state index in [1.54, 1.807) is 0 Å². The van der Waals surface area contributed by atoms with Crippen molar-refractivity contribution in [2.24, 2.45) is 0 Å². The molecule has 1 unspecified atom stereocenters. The predicted octanol–water partition coefficient (Wildman–Crippen LogP) is 3.17. The number of benzene rings is 1. The molecule has 6 heteroatoms. The summed E-state index contributed by atoms with van der Waals surface area (Å²) in [6, 6.07) is 2.35. The van der Waals surface area contributed by atoms with E-state index in [-0.39, 0.29) is 23.8 Å². The first-order chi connectivity index (χ1) is 8.88. The molecule has 0 saturated carbocycles. The highest BCUT2D eigenvalue weighted by Gasteiger charge is 2.34. The largest absolute Gasteiger partial charge is 0.419 e. The number of carbonyl (C=O) groups is 1. The van der Waals surface area contributed by atoms with Crippen LogP contribution in [0.1, 0.15) is 35.2 Å². The maximum absolute atomic E-state index is 13.3. The Hall–Kier alpha value is -1.43. The molecule has 0 aromatic heterocycles. The minimum atomic E-state index is -4.74. The van der Waals surface area contributed by atoms with Crippen LogP contribution < -0.4 is 5.32 Å². The van der Waals surface area contributed by atoms with Gasteiger partial charge in [-0.05, 0) is 31.5 Å². The zero-order valence-corrected chi connectivity index (χ0v) is 10.1. The fourth-order valence-corrected chi connectivity index (χ4v) is 2.19. The summed E-state index contributed by atoms with van der Waals surface area (Å²) in [5, 5.41) is 3.11. The molecule has 0 amide bonds. The summed E-state index contributed by atoms with van der Waals surface area (Å²) in [5.74, 6) is -1.75. The second-order valence-electron chi connectivity index (χ2n) is 4.61. The molecule has 0 aliphatic carbocycles. The molecule has 1 heterocycles. The van der Waals surface area contributed by atoms with Crippen LogP contribution in [-0.2, 0) is 6.18 Å². The van der Waals surface area contributed by atoms with Gasteiger partial charge in [0.05, 0.1) is 5.56 Å². The van der Waals surface area contributed by atoms with E-state index >= 15 is 0 Å². The molecule has 1 N–H and O–H groups in total. The van der Waals surface area contributed by atoms with Crippen LogP contribution in [-0.4, -0.2) is 18.4 Å². The molecule has 1 aromatic carbocycles. The van der Waals surface area contributed by atoms with Gasteiger partial charge in [-0.2, -0.15) is 13.2 Å². The monoisotopic (exact) mass is 275 g/mol. The van der Waals surface area contributed by atoms with E-state index in [1.807, 2.05) is 0 Å². The van der Waals surface area contributed by atoms with Crippen LogP contribution in [0.5, 0.6) is 0 Å². The highest BCUT2D eigenvalue weighted by Crippen LogP contribution is 2.31. The molecule has 2 nitrogen and oxygen atoms in total. The normalized spacial score (nSPS) is 19.7. The second-order valence-corrected chi connectivity index (χ2v) is 4.61. The molecule has 0 radical (unpaired) electrons. The van der Waals surface area contributed by atoms with Crippen LogP contribution in [0.4, 0.5) is 17.6 Å². The molecule has 1 atom stereocenters. The number of Topliss-reactive ketones (excluding diaryl/α,β-unsaturated/α-hetero) is 1. The molecule has 0 bridgehead atoms. The number of ketones is 1. The van der Waals surface area contributed by atoms with Crippen molar-refractivity contribution < 1.29 is 22.4 Å². The molecule has 1 aromatic rings. The van der Waals surface area contributed by atoms with Crippen LogP contribution in [0.15, 0.2) is 18.2 Å².